The van der Waals surface area contributed by atoms with Gasteiger partial charge in [0.05, 0.1) is 10.6 Å². The summed E-state index contributed by atoms with van der Waals surface area (Å²) in [7, 11) is 0. The summed E-state index contributed by atoms with van der Waals surface area (Å²) in [5.41, 5.74) is 2.72. The van der Waals surface area contributed by atoms with Gasteiger partial charge in [0.15, 0.2) is 0 Å². The van der Waals surface area contributed by atoms with E-state index in [4.69, 9.17) is 4.98 Å². The van der Waals surface area contributed by atoms with Crippen LogP contribution in [0.3, 0.4) is 0 Å². The maximum atomic E-state index is 4.71. The highest BCUT2D eigenvalue weighted by Gasteiger charge is 2.25. The minimum atomic E-state index is 0. The van der Waals surface area contributed by atoms with Crippen molar-refractivity contribution in [3.63, 3.8) is 0 Å². The van der Waals surface area contributed by atoms with Crippen molar-refractivity contribution in [1.82, 2.24) is 14.8 Å². The van der Waals surface area contributed by atoms with Crippen molar-refractivity contribution in [2.45, 2.75) is 16.2 Å². The van der Waals surface area contributed by atoms with Crippen LogP contribution in [-0.4, -0.2) is 60.6 Å². The molecule has 1 fully saturated rings. The predicted molar refractivity (Wildman–Crippen MR) is 125 cm³/mol. The number of benzene rings is 2. The van der Waals surface area contributed by atoms with Crippen molar-refractivity contribution in [3.8, 4) is 0 Å². The molecule has 2 aromatic carbocycles. The SMILES string of the molecule is [Cl-].[Cl-].c1ccc(CCN2CCN(CCN3c4ccccc4Sc4cccnc43)CC2)cc1. The van der Waals surface area contributed by atoms with Crippen molar-refractivity contribution < 1.29 is 24.8 Å². The van der Waals surface area contributed by atoms with Crippen LogP contribution in [0.25, 0.3) is 0 Å². The molecule has 0 bridgehead atoms. The fourth-order valence-electron chi connectivity index (χ4n) is 4.30. The Morgan fingerprint density at radius 1 is 0.688 bits per heavy atom. The first kappa shape index (κ1) is 24.9. The van der Waals surface area contributed by atoms with Gasteiger partial charge in [0.1, 0.15) is 5.82 Å². The van der Waals surface area contributed by atoms with Gasteiger partial charge in [-0.25, -0.2) is 4.98 Å². The van der Waals surface area contributed by atoms with Crippen LogP contribution in [0.1, 0.15) is 5.56 Å². The molecule has 3 aromatic rings. The number of aromatic nitrogens is 1. The van der Waals surface area contributed by atoms with Gasteiger partial charge in [0.25, 0.3) is 0 Å². The normalized spacial score (nSPS) is 15.8. The number of halogens is 2. The van der Waals surface area contributed by atoms with E-state index in [2.05, 4.69) is 75.4 Å². The zero-order chi connectivity index (χ0) is 20.2. The summed E-state index contributed by atoms with van der Waals surface area (Å²) < 4.78 is 0. The van der Waals surface area contributed by atoms with E-state index in [1.165, 1.54) is 21.0 Å². The number of rotatable bonds is 6. The average Bonchev–Trinajstić information content (AvgIpc) is 2.82. The van der Waals surface area contributed by atoms with Crippen LogP contribution >= 0.6 is 11.8 Å². The molecule has 1 saturated heterocycles. The highest BCUT2D eigenvalue weighted by atomic mass is 35.5. The van der Waals surface area contributed by atoms with Crippen molar-refractivity contribution in [1.29, 1.82) is 0 Å². The predicted octanol–water partition coefficient (Wildman–Crippen LogP) is -1.45. The van der Waals surface area contributed by atoms with E-state index in [1.807, 2.05) is 24.0 Å². The smallest absolute Gasteiger partial charge is 0.147 e. The molecule has 1 aromatic heterocycles. The maximum absolute atomic E-state index is 4.71. The quantitative estimate of drug-likeness (QED) is 0.424. The summed E-state index contributed by atoms with van der Waals surface area (Å²) in [6, 6.07) is 23.7. The molecule has 0 radical (unpaired) electrons. The van der Waals surface area contributed by atoms with Gasteiger partial charge in [-0.15, -0.1) is 0 Å². The van der Waals surface area contributed by atoms with E-state index in [0.29, 0.717) is 0 Å². The number of para-hydroxylation sites is 1. The second-order valence-electron chi connectivity index (χ2n) is 7.97. The monoisotopic (exact) mass is 486 g/mol. The minimum Gasteiger partial charge on any atom is -1.00 e. The number of pyridine rings is 1. The number of hydrogen-bond acceptors (Lipinski definition) is 5. The Morgan fingerprint density at radius 3 is 2.12 bits per heavy atom. The van der Waals surface area contributed by atoms with Gasteiger partial charge in [-0.3, -0.25) is 4.90 Å². The Balaban J connectivity index is 0.00000144. The molecule has 0 spiro atoms. The molecule has 2 aliphatic heterocycles. The van der Waals surface area contributed by atoms with E-state index in [-0.39, 0.29) is 24.8 Å². The molecule has 170 valence electrons. The lowest BCUT2D eigenvalue weighted by Crippen LogP contribution is -3.00. The molecule has 0 saturated carbocycles. The van der Waals surface area contributed by atoms with Crippen LogP contribution in [-0.2, 0) is 6.42 Å². The second kappa shape index (κ2) is 11.9. The first-order valence-electron chi connectivity index (χ1n) is 10.8. The zero-order valence-electron chi connectivity index (χ0n) is 18.0. The third-order valence-electron chi connectivity index (χ3n) is 6.05. The van der Waals surface area contributed by atoms with Crippen molar-refractivity contribution in [2.75, 3.05) is 50.7 Å². The number of nitrogens with zero attached hydrogens (tertiary/aromatic N) is 4. The van der Waals surface area contributed by atoms with Gasteiger partial charge in [0.2, 0.25) is 0 Å². The van der Waals surface area contributed by atoms with Crippen molar-refractivity contribution in [2.24, 2.45) is 0 Å². The molecule has 0 N–H and O–H groups in total. The molecule has 0 amide bonds. The minimum absolute atomic E-state index is 0. The molecular formula is C25H28Cl2N4S-2. The van der Waals surface area contributed by atoms with Gasteiger partial charge < -0.3 is 34.6 Å². The summed E-state index contributed by atoms with van der Waals surface area (Å²) in [5.74, 6) is 1.10. The van der Waals surface area contributed by atoms with Crippen LogP contribution in [0.4, 0.5) is 11.5 Å². The van der Waals surface area contributed by atoms with Crippen LogP contribution < -0.4 is 29.7 Å². The zero-order valence-corrected chi connectivity index (χ0v) is 20.4. The molecule has 0 unspecified atom stereocenters. The highest BCUT2D eigenvalue weighted by Crippen LogP contribution is 2.46. The number of piperazine rings is 1. The average molecular weight is 488 g/mol. The Morgan fingerprint density at radius 2 is 1.34 bits per heavy atom. The fraction of sp³-hybridized carbons (Fsp3) is 0.320. The number of fused-ring (bicyclic) bond motifs is 2. The fourth-order valence-corrected chi connectivity index (χ4v) is 5.37. The van der Waals surface area contributed by atoms with Crippen LogP contribution in [0.5, 0.6) is 0 Å². The molecule has 3 heterocycles. The van der Waals surface area contributed by atoms with Crippen molar-refractivity contribution >= 4 is 23.3 Å². The van der Waals surface area contributed by atoms with E-state index in [9.17, 15) is 0 Å². The molecule has 2 aliphatic rings. The first-order valence-corrected chi connectivity index (χ1v) is 11.7. The van der Waals surface area contributed by atoms with Gasteiger partial charge in [0, 0.05) is 56.9 Å². The molecule has 0 aliphatic carbocycles. The molecule has 5 rings (SSSR count). The molecular weight excluding hydrogens is 459 g/mol. The summed E-state index contributed by atoms with van der Waals surface area (Å²) in [5, 5.41) is 0. The van der Waals surface area contributed by atoms with Gasteiger partial charge in [-0.1, -0.05) is 54.2 Å². The van der Waals surface area contributed by atoms with Crippen LogP contribution in [0.2, 0.25) is 0 Å². The van der Waals surface area contributed by atoms with Gasteiger partial charge in [-0.05, 0) is 36.2 Å². The van der Waals surface area contributed by atoms with E-state index in [1.54, 1.807) is 0 Å². The van der Waals surface area contributed by atoms with Gasteiger partial charge in [-0.2, -0.15) is 0 Å². The maximum Gasteiger partial charge on any atom is 0.147 e. The topological polar surface area (TPSA) is 22.6 Å². The third kappa shape index (κ3) is 5.77. The lowest BCUT2D eigenvalue weighted by atomic mass is 10.1. The lowest BCUT2D eigenvalue weighted by molar-refractivity contribution is -0.00100. The van der Waals surface area contributed by atoms with Crippen LogP contribution in [0.15, 0.2) is 82.7 Å². The summed E-state index contributed by atoms with van der Waals surface area (Å²) in [6.45, 7) is 7.82. The Hall–Kier alpha value is -1.76. The largest absolute Gasteiger partial charge is 1.00 e. The molecule has 0 atom stereocenters. The summed E-state index contributed by atoms with van der Waals surface area (Å²) in [6.07, 6.45) is 3.05. The molecule has 32 heavy (non-hydrogen) atoms. The highest BCUT2D eigenvalue weighted by molar-refractivity contribution is 7.99. The third-order valence-corrected chi connectivity index (χ3v) is 7.15. The Labute approximate surface area is 207 Å². The summed E-state index contributed by atoms with van der Waals surface area (Å²) >= 11 is 1.83. The van der Waals surface area contributed by atoms with Crippen LogP contribution in [0, 0.1) is 0 Å². The number of hydrogen-bond donors (Lipinski definition) is 0. The summed E-state index contributed by atoms with van der Waals surface area (Å²) in [4.78, 5) is 14.9. The van der Waals surface area contributed by atoms with E-state index in [0.717, 1.165) is 58.1 Å². The molecule has 4 nitrogen and oxygen atoms in total. The lowest BCUT2D eigenvalue weighted by Gasteiger charge is -2.37. The Bertz CT molecular complexity index is 935. The second-order valence-corrected chi connectivity index (χ2v) is 9.05. The van der Waals surface area contributed by atoms with Crippen molar-refractivity contribution in [3.05, 3.63) is 78.5 Å². The van der Waals surface area contributed by atoms with Gasteiger partial charge >= 0.3 is 0 Å². The van der Waals surface area contributed by atoms with E-state index < -0.39 is 0 Å². The Kier molecular flexibility index (Phi) is 9.26. The first-order chi connectivity index (χ1) is 14.9. The molecule has 7 heteroatoms. The standard InChI is InChI=1S/C25H28N4S.2ClH/c1-2-7-21(8-3-1)12-14-27-15-17-28(18-16-27)19-20-29-22-9-4-5-10-23(22)30-24-11-6-13-26-25(24)29;;/h1-11,13H,12,14-20H2;2*1H/p-2. The number of anilines is 2. The van der Waals surface area contributed by atoms with E-state index >= 15 is 0 Å².